The van der Waals surface area contributed by atoms with Gasteiger partial charge in [-0.3, -0.25) is 9.59 Å². The quantitative estimate of drug-likeness (QED) is 0.556. The third kappa shape index (κ3) is 4.41. The lowest BCUT2D eigenvalue weighted by atomic mass is 10.1. The van der Waals surface area contributed by atoms with Crippen molar-refractivity contribution in [2.45, 2.75) is 19.0 Å². The number of hydrogen-bond donors (Lipinski definition) is 4. The molecule has 0 aliphatic carbocycles. The van der Waals surface area contributed by atoms with E-state index in [0.29, 0.717) is 0 Å². The van der Waals surface area contributed by atoms with Crippen molar-refractivity contribution in [1.82, 2.24) is 10.6 Å². The number of carbonyl (C=O) groups is 3. The lowest BCUT2D eigenvalue weighted by Gasteiger charge is -2.18. The highest BCUT2D eigenvalue weighted by atomic mass is 19.1. The second-order valence-corrected chi connectivity index (χ2v) is 4.24. The molecule has 0 spiro atoms. The number of rotatable bonds is 5. The first kappa shape index (κ1) is 16.3. The standard InChI is InChI=1S/C12H14F2N4O3/c1-5(7-4-6(13)2-3-8(7)14)17-12(21)18-9(10(15)19)11(16)20/h2-5,9H,1H3,(H2,15,19)(H2,16,20)(H2,17,18,21). The Hall–Kier alpha value is -2.71. The van der Waals surface area contributed by atoms with E-state index >= 15 is 0 Å². The number of amides is 4. The van der Waals surface area contributed by atoms with Crippen LogP contribution in [0.5, 0.6) is 0 Å². The topological polar surface area (TPSA) is 127 Å². The van der Waals surface area contributed by atoms with Crippen LogP contribution in [0.2, 0.25) is 0 Å². The Morgan fingerprint density at radius 2 is 1.67 bits per heavy atom. The molecule has 0 radical (unpaired) electrons. The molecule has 0 aliphatic rings. The van der Waals surface area contributed by atoms with E-state index in [1.165, 1.54) is 6.92 Å². The number of halogens is 2. The van der Waals surface area contributed by atoms with Crippen LogP contribution in [-0.4, -0.2) is 23.9 Å². The van der Waals surface area contributed by atoms with Crippen LogP contribution < -0.4 is 22.1 Å². The molecule has 1 unspecified atom stereocenters. The van der Waals surface area contributed by atoms with Gasteiger partial charge in [-0.2, -0.15) is 0 Å². The number of nitrogens with one attached hydrogen (secondary N) is 2. The molecule has 9 heteroatoms. The van der Waals surface area contributed by atoms with Gasteiger partial charge in [0.05, 0.1) is 6.04 Å². The third-order valence-corrected chi connectivity index (χ3v) is 2.62. The van der Waals surface area contributed by atoms with E-state index in [-0.39, 0.29) is 5.56 Å². The first-order chi connectivity index (χ1) is 9.72. The van der Waals surface area contributed by atoms with Crippen molar-refractivity contribution in [1.29, 1.82) is 0 Å². The van der Waals surface area contributed by atoms with Crippen molar-refractivity contribution in [3.8, 4) is 0 Å². The van der Waals surface area contributed by atoms with E-state index in [0.717, 1.165) is 18.2 Å². The summed E-state index contributed by atoms with van der Waals surface area (Å²) in [5.41, 5.74) is 9.66. The summed E-state index contributed by atoms with van der Waals surface area (Å²) in [4.78, 5) is 33.4. The molecule has 1 rings (SSSR count). The maximum atomic E-state index is 13.5. The van der Waals surface area contributed by atoms with Crippen molar-refractivity contribution in [3.63, 3.8) is 0 Å². The average Bonchev–Trinajstić information content (AvgIpc) is 2.37. The predicted octanol–water partition coefficient (Wildman–Crippen LogP) is -0.336. The second kappa shape index (κ2) is 6.64. The summed E-state index contributed by atoms with van der Waals surface area (Å²) >= 11 is 0. The van der Waals surface area contributed by atoms with E-state index < -0.39 is 41.6 Å². The summed E-state index contributed by atoms with van der Waals surface area (Å²) in [7, 11) is 0. The third-order valence-electron chi connectivity index (χ3n) is 2.62. The van der Waals surface area contributed by atoms with Gasteiger partial charge < -0.3 is 22.1 Å². The zero-order valence-electron chi connectivity index (χ0n) is 11.0. The maximum Gasteiger partial charge on any atom is 0.316 e. The minimum absolute atomic E-state index is 0.0974. The van der Waals surface area contributed by atoms with E-state index in [1.807, 2.05) is 5.32 Å². The fourth-order valence-corrected chi connectivity index (χ4v) is 1.58. The fraction of sp³-hybridized carbons (Fsp3) is 0.250. The van der Waals surface area contributed by atoms with E-state index in [4.69, 9.17) is 11.5 Å². The molecule has 1 aromatic carbocycles. The average molecular weight is 300 g/mol. The SMILES string of the molecule is CC(NC(=O)NC(C(N)=O)C(N)=O)c1cc(F)ccc1F. The van der Waals surface area contributed by atoms with Gasteiger partial charge in [0.2, 0.25) is 11.8 Å². The Labute approximate surface area is 118 Å². The molecule has 7 nitrogen and oxygen atoms in total. The highest BCUT2D eigenvalue weighted by molar-refractivity contribution is 6.05. The molecule has 0 aromatic heterocycles. The Kier molecular flexibility index (Phi) is 5.17. The van der Waals surface area contributed by atoms with Crippen LogP contribution in [0, 0.1) is 11.6 Å². The van der Waals surface area contributed by atoms with Crippen molar-refractivity contribution < 1.29 is 23.2 Å². The molecular formula is C12H14F2N4O3. The fourth-order valence-electron chi connectivity index (χ4n) is 1.58. The molecular weight excluding hydrogens is 286 g/mol. The van der Waals surface area contributed by atoms with Crippen LogP contribution in [0.25, 0.3) is 0 Å². The summed E-state index contributed by atoms with van der Waals surface area (Å²) in [6.07, 6.45) is 0. The van der Waals surface area contributed by atoms with E-state index in [2.05, 4.69) is 5.32 Å². The lowest BCUT2D eigenvalue weighted by Crippen LogP contribution is -2.55. The number of benzene rings is 1. The molecule has 1 aromatic rings. The zero-order chi connectivity index (χ0) is 16.2. The van der Waals surface area contributed by atoms with Gasteiger partial charge in [-0.25, -0.2) is 13.6 Å². The van der Waals surface area contributed by atoms with Crippen LogP contribution >= 0.6 is 0 Å². The normalized spacial score (nSPS) is 11.8. The molecule has 0 bridgehead atoms. The van der Waals surface area contributed by atoms with Crippen molar-refractivity contribution in [2.75, 3.05) is 0 Å². The Balaban J connectivity index is 2.76. The molecule has 0 aliphatic heterocycles. The molecule has 0 fully saturated rings. The zero-order valence-corrected chi connectivity index (χ0v) is 11.0. The smallest absolute Gasteiger partial charge is 0.316 e. The van der Waals surface area contributed by atoms with E-state index in [9.17, 15) is 23.2 Å². The Bertz CT molecular complexity index is 566. The second-order valence-electron chi connectivity index (χ2n) is 4.24. The minimum atomic E-state index is -1.70. The lowest BCUT2D eigenvalue weighted by molar-refractivity contribution is -0.128. The number of hydrogen-bond acceptors (Lipinski definition) is 3. The summed E-state index contributed by atoms with van der Waals surface area (Å²) in [6, 6.07) is -0.830. The molecule has 0 heterocycles. The van der Waals surface area contributed by atoms with Gasteiger partial charge in [-0.1, -0.05) is 0 Å². The van der Waals surface area contributed by atoms with Crippen LogP contribution in [0.4, 0.5) is 13.6 Å². The first-order valence-corrected chi connectivity index (χ1v) is 5.83. The van der Waals surface area contributed by atoms with Gasteiger partial charge in [0.15, 0.2) is 6.04 Å². The molecule has 0 saturated heterocycles. The molecule has 0 saturated carbocycles. The highest BCUT2D eigenvalue weighted by Gasteiger charge is 2.24. The van der Waals surface area contributed by atoms with Crippen molar-refractivity contribution >= 4 is 17.8 Å². The van der Waals surface area contributed by atoms with Crippen LogP contribution in [0.1, 0.15) is 18.5 Å². The molecule has 1 atom stereocenters. The Morgan fingerprint density at radius 3 is 2.19 bits per heavy atom. The number of urea groups is 1. The van der Waals surface area contributed by atoms with Crippen LogP contribution in [-0.2, 0) is 9.59 Å². The molecule has 4 amide bonds. The van der Waals surface area contributed by atoms with Gasteiger partial charge in [-0.05, 0) is 25.1 Å². The minimum Gasteiger partial charge on any atom is -0.367 e. The Morgan fingerprint density at radius 1 is 1.10 bits per heavy atom. The largest absolute Gasteiger partial charge is 0.367 e. The van der Waals surface area contributed by atoms with Gasteiger partial charge in [0.1, 0.15) is 11.6 Å². The van der Waals surface area contributed by atoms with Crippen molar-refractivity contribution in [2.24, 2.45) is 11.5 Å². The molecule has 6 N–H and O–H groups in total. The van der Waals surface area contributed by atoms with Gasteiger partial charge >= 0.3 is 6.03 Å². The maximum absolute atomic E-state index is 13.5. The van der Waals surface area contributed by atoms with E-state index in [1.54, 1.807) is 0 Å². The summed E-state index contributed by atoms with van der Waals surface area (Å²) in [5.74, 6) is -3.66. The van der Waals surface area contributed by atoms with Crippen LogP contribution in [0.3, 0.4) is 0 Å². The number of nitrogens with two attached hydrogens (primary N) is 2. The number of carbonyl (C=O) groups excluding carboxylic acids is 3. The monoisotopic (exact) mass is 300 g/mol. The van der Waals surface area contributed by atoms with Gasteiger partial charge in [-0.15, -0.1) is 0 Å². The first-order valence-electron chi connectivity index (χ1n) is 5.83. The highest BCUT2D eigenvalue weighted by Crippen LogP contribution is 2.17. The molecule has 21 heavy (non-hydrogen) atoms. The summed E-state index contributed by atoms with van der Waals surface area (Å²) < 4.78 is 26.6. The number of primary amides is 2. The van der Waals surface area contributed by atoms with Crippen molar-refractivity contribution in [3.05, 3.63) is 35.4 Å². The predicted molar refractivity (Wildman–Crippen MR) is 68.6 cm³/mol. The van der Waals surface area contributed by atoms with Gasteiger partial charge in [0, 0.05) is 5.56 Å². The van der Waals surface area contributed by atoms with Crippen LogP contribution in [0.15, 0.2) is 18.2 Å². The summed E-state index contributed by atoms with van der Waals surface area (Å²) in [5, 5.41) is 4.17. The van der Waals surface area contributed by atoms with Gasteiger partial charge in [0.25, 0.3) is 0 Å². The molecule has 114 valence electrons. The summed E-state index contributed by atoms with van der Waals surface area (Å²) in [6.45, 7) is 1.39.